The minimum atomic E-state index is -0.00213. The highest BCUT2D eigenvalue weighted by Crippen LogP contribution is 2.25. The molecular weight excluding hydrogens is 352 g/mol. The van der Waals surface area contributed by atoms with Crippen LogP contribution in [0.5, 0.6) is 0 Å². The van der Waals surface area contributed by atoms with Crippen molar-refractivity contribution in [1.82, 2.24) is 20.0 Å². The van der Waals surface area contributed by atoms with Crippen LogP contribution >= 0.6 is 0 Å². The molecular formula is C22H32N4O2. The van der Waals surface area contributed by atoms with Gasteiger partial charge in [-0.05, 0) is 44.7 Å². The van der Waals surface area contributed by atoms with Crippen LogP contribution in [0.3, 0.4) is 0 Å². The fraction of sp³-hybridized carbons (Fsp3) is 0.545. The molecule has 1 aromatic carbocycles. The maximum Gasteiger partial charge on any atom is 0.274 e. The van der Waals surface area contributed by atoms with Crippen LogP contribution in [0.25, 0.3) is 0 Å². The number of hydrogen-bond acceptors (Lipinski definition) is 4. The number of amides is 1. The number of aryl methyl sites for hydroxylation is 1. The predicted octanol–water partition coefficient (Wildman–Crippen LogP) is 2.57. The highest BCUT2D eigenvalue weighted by Gasteiger charge is 2.29. The fourth-order valence-electron chi connectivity index (χ4n) is 3.87. The van der Waals surface area contributed by atoms with E-state index in [2.05, 4.69) is 10.4 Å². The molecule has 28 heavy (non-hydrogen) atoms. The zero-order valence-electron chi connectivity index (χ0n) is 17.3. The molecule has 1 amide bonds. The van der Waals surface area contributed by atoms with Gasteiger partial charge in [0.25, 0.3) is 5.91 Å². The summed E-state index contributed by atoms with van der Waals surface area (Å²) in [6, 6.07) is 10.5. The Balaban J connectivity index is 1.64. The maximum atomic E-state index is 13.1. The summed E-state index contributed by atoms with van der Waals surface area (Å²) in [5, 5.41) is 8.21. The van der Waals surface area contributed by atoms with Crippen LogP contribution in [-0.2, 0) is 31.2 Å². The van der Waals surface area contributed by atoms with Crippen LogP contribution in [0.4, 0.5) is 0 Å². The first-order valence-electron chi connectivity index (χ1n) is 10.3. The van der Waals surface area contributed by atoms with Crippen molar-refractivity contribution in [1.29, 1.82) is 0 Å². The van der Waals surface area contributed by atoms with Crippen molar-refractivity contribution in [3.8, 4) is 0 Å². The van der Waals surface area contributed by atoms with Gasteiger partial charge < -0.3 is 15.0 Å². The van der Waals surface area contributed by atoms with Gasteiger partial charge in [-0.3, -0.25) is 9.48 Å². The van der Waals surface area contributed by atoms with Gasteiger partial charge in [-0.25, -0.2) is 0 Å². The number of nitrogens with one attached hydrogen (secondary N) is 1. The van der Waals surface area contributed by atoms with Crippen LogP contribution in [0.15, 0.2) is 30.3 Å². The number of carbonyl (C=O) groups is 1. The third-order valence-corrected chi connectivity index (χ3v) is 5.37. The molecule has 1 aliphatic rings. The molecule has 0 aliphatic heterocycles. The summed E-state index contributed by atoms with van der Waals surface area (Å²) in [5.41, 5.74) is 4.04. The number of benzene rings is 1. The third kappa shape index (κ3) is 5.00. The summed E-state index contributed by atoms with van der Waals surface area (Å²) in [5.74, 6) is -0.00213. The largest absolute Gasteiger partial charge is 0.382 e. The van der Waals surface area contributed by atoms with Crippen molar-refractivity contribution in [3.63, 3.8) is 0 Å². The van der Waals surface area contributed by atoms with E-state index in [4.69, 9.17) is 4.74 Å². The van der Waals surface area contributed by atoms with Gasteiger partial charge in [-0.15, -0.1) is 0 Å². The smallest absolute Gasteiger partial charge is 0.274 e. The van der Waals surface area contributed by atoms with Crippen LogP contribution in [0.2, 0.25) is 0 Å². The third-order valence-electron chi connectivity index (χ3n) is 5.37. The minimum Gasteiger partial charge on any atom is -0.382 e. The Labute approximate surface area is 167 Å². The van der Waals surface area contributed by atoms with E-state index in [1.165, 1.54) is 5.69 Å². The van der Waals surface area contributed by atoms with Crippen molar-refractivity contribution in [2.45, 2.75) is 45.2 Å². The maximum absolute atomic E-state index is 13.1. The van der Waals surface area contributed by atoms with E-state index in [0.717, 1.165) is 56.6 Å². The van der Waals surface area contributed by atoms with Gasteiger partial charge in [0.2, 0.25) is 0 Å². The Morgan fingerprint density at radius 1 is 1.36 bits per heavy atom. The van der Waals surface area contributed by atoms with Crippen molar-refractivity contribution in [3.05, 3.63) is 52.8 Å². The van der Waals surface area contributed by atoms with Gasteiger partial charge in [0.15, 0.2) is 5.69 Å². The van der Waals surface area contributed by atoms with E-state index in [1.54, 1.807) is 4.90 Å². The van der Waals surface area contributed by atoms with E-state index >= 15 is 0 Å². The summed E-state index contributed by atoms with van der Waals surface area (Å²) in [6.07, 6.45) is 3.90. The Kier molecular flexibility index (Phi) is 7.23. The number of hydrogen-bond donors (Lipinski definition) is 1. The molecule has 1 unspecified atom stereocenters. The molecule has 0 saturated heterocycles. The van der Waals surface area contributed by atoms with E-state index in [-0.39, 0.29) is 5.91 Å². The monoisotopic (exact) mass is 384 g/mol. The number of nitrogens with zero attached hydrogens (tertiary/aromatic N) is 3. The Hall–Kier alpha value is -2.18. The first kappa shape index (κ1) is 20.6. The summed E-state index contributed by atoms with van der Waals surface area (Å²) in [4.78, 5) is 14.8. The summed E-state index contributed by atoms with van der Waals surface area (Å²) in [6.45, 7) is 5.11. The van der Waals surface area contributed by atoms with Crippen molar-refractivity contribution < 1.29 is 9.53 Å². The van der Waals surface area contributed by atoms with Gasteiger partial charge >= 0.3 is 0 Å². The fourth-order valence-corrected chi connectivity index (χ4v) is 3.87. The molecule has 0 spiro atoms. The molecule has 0 radical (unpaired) electrons. The van der Waals surface area contributed by atoms with Crippen LogP contribution in [-0.4, -0.2) is 53.4 Å². The van der Waals surface area contributed by atoms with E-state index in [9.17, 15) is 4.79 Å². The lowest BCUT2D eigenvalue weighted by Crippen LogP contribution is -2.36. The molecule has 1 N–H and O–H groups in total. The number of ether oxygens (including phenoxy) is 1. The van der Waals surface area contributed by atoms with Gasteiger partial charge in [-0.2, -0.15) is 5.10 Å². The zero-order chi connectivity index (χ0) is 19.9. The van der Waals surface area contributed by atoms with E-state index < -0.39 is 0 Å². The van der Waals surface area contributed by atoms with Gasteiger partial charge in [0, 0.05) is 51.2 Å². The summed E-state index contributed by atoms with van der Waals surface area (Å²) in [7, 11) is 3.80. The molecule has 2 aromatic rings. The predicted molar refractivity (Wildman–Crippen MR) is 110 cm³/mol. The zero-order valence-corrected chi connectivity index (χ0v) is 17.3. The second-order valence-corrected chi connectivity index (χ2v) is 7.49. The Bertz CT molecular complexity index is 772. The molecule has 6 nitrogen and oxygen atoms in total. The van der Waals surface area contributed by atoms with Gasteiger partial charge in [-0.1, -0.05) is 30.3 Å². The molecule has 1 aliphatic carbocycles. The topological polar surface area (TPSA) is 59.4 Å². The van der Waals surface area contributed by atoms with Crippen LogP contribution in [0, 0.1) is 0 Å². The van der Waals surface area contributed by atoms with Crippen LogP contribution in [0.1, 0.15) is 47.1 Å². The molecule has 6 heteroatoms. The standard InChI is InChI=1S/C22H32N4O2/c1-4-28-14-8-13-23-18-11-12-20-19(15-18)21(24-26(20)3)22(27)25(2)16-17-9-6-5-7-10-17/h5-7,9-10,18,23H,4,8,11-16H2,1-3H3. The SMILES string of the molecule is CCOCCCNC1CCc2c(c(C(=O)N(C)Cc3ccccc3)nn2C)C1. The van der Waals surface area contributed by atoms with E-state index in [0.29, 0.717) is 18.3 Å². The Morgan fingerprint density at radius 3 is 2.89 bits per heavy atom. The van der Waals surface area contributed by atoms with Crippen molar-refractivity contribution >= 4 is 5.91 Å². The van der Waals surface area contributed by atoms with Crippen LogP contribution < -0.4 is 5.32 Å². The molecule has 3 rings (SSSR count). The van der Waals surface area contributed by atoms with E-state index in [1.807, 2.05) is 56.0 Å². The highest BCUT2D eigenvalue weighted by molar-refractivity contribution is 5.94. The molecule has 0 saturated carbocycles. The van der Waals surface area contributed by atoms with Crippen molar-refractivity contribution in [2.24, 2.45) is 7.05 Å². The number of carbonyl (C=O) groups excluding carboxylic acids is 1. The summed E-state index contributed by atoms with van der Waals surface area (Å²) >= 11 is 0. The molecule has 1 atom stereocenters. The second-order valence-electron chi connectivity index (χ2n) is 7.49. The molecule has 0 fully saturated rings. The van der Waals surface area contributed by atoms with Gasteiger partial charge in [0.05, 0.1) is 0 Å². The average molecular weight is 385 g/mol. The lowest BCUT2D eigenvalue weighted by atomic mass is 9.91. The minimum absolute atomic E-state index is 0.00213. The highest BCUT2D eigenvalue weighted by atomic mass is 16.5. The number of fused-ring (bicyclic) bond motifs is 1. The molecule has 1 aromatic heterocycles. The lowest BCUT2D eigenvalue weighted by Gasteiger charge is -2.25. The second kappa shape index (κ2) is 9.85. The quantitative estimate of drug-likeness (QED) is 0.675. The Morgan fingerprint density at radius 2 is 2.14 bits per heavy atom. The normalized spacial score (nSPS) is 16.0. The number of aromatic nitrogens is 2. The average Bonchev–Trinajstić information content (AvgIpc) is 3.04. The van der Waals surface area contributed by atoms with Crippen molar-refractivity contribution in [2.75, 3.05) is 26.8 Å². The molecule has 152 valence electrons. The lowest BCUT2D eigenvalue weighted by molar-refractivity contribution is 0.0777. The first-order chi connectivity index (χ1) is 13.6. The molecule has 0 bridgehead atoms. The summed E-state index contributed by atoms with van der Waals surface area (Å²) < 4.78 is 7.30. The van der Waals surface area contributed by atoms with Gasteiger partial charge in [0.1, 0.15) is 0 Å². The number of rotatable bonds is 9. The molecule has 1 heterocycles. The first-order valence-corrected chi connectivity index (χ1v) is 10.3.